The van der Waals surface area contributed by atoms with Gasteiger partial charge in [-0.05, 0) is 48.8 Å². The number of phenolic OH excluding ortho intramolecular Hbond substituents is 1. The predicted octanol–water partition coefficient (Wildman–Crippen LogP) is 4.46. The Kier molecular flexibility index (Phi) is 6.25. The van der Waals surface area contributed by atoms with Crippen LogP contribution >= 0.6 is 11.8 Å². The van der Waals surface area contributed by atoms with Gasteiger partial charge >= 0.3 is 0 Å². The zero-order valence-electron chi connectivity index (χ0n) is 19.1. The minimum absolute atomic E-state index is 0.119. The largest absolute Gasteiger partial charge is 0.503 e. The van der Waals surface area contributed by atoms with Gasteiger partial charge in [-0.2, -0.15) is 0 Å². The highest BCUT2D eigenvalue weighted by Gasteiger charge is 2.34. The minimum atomic E-state index is -0.327. The molecule has 2 aromatic heterocycles. The van der Waals surface area contributed by atoms with E-state index in [2.05, 4.69) is 16.9 Å². The van der Waals surface area contributed by atoms with Gasteiger partial charge in [0.15, 0.2) is 17.3 Å². The number of methoxy groups -OCH3 is 1. The molecule has 0 radical (unpaired) electrons. The van der Waals surface area contributed by atoms with Crippen LogP contribution in [0.4, 0.5) is 5.69 Å². The number of aromatic amines is 2. The number of ketones is 1. The number of aryl methyl sites for hydroxylation is 1. The zero-order valence-corrected chi connectivity index (χ0v) is 19.9. The first-order valence-corrected chi connectivity index (χ1v) is 12.1. The number of carbonyl (C=O) groups is 3. The number of benzene rings is 1. The Morgan fingerprint density at radius 2 is 1.97 bits per heavy atom. The average Bonchev–Trinajstić information content (AvgIpc) is 3.53. The van der Waals surface area contributed by atoms with Crippen molar-refractivity contribution < 1.29 is 24.2 Å². The number of aromatic nitrogens is 2. The van der Waals surface area contributed by atoms with Crippen molar-refractivity contribution in [1.29, 1.82) is 0 Å². The summed E-state index contributed by atoms with van der Waals surface area (Å²) in [5.74, 6) is -0.415. The predicted molar refractivity (Wildman–Crippen MR) is 129 cm³/mol. The number of Topliss-reactive ketones (excluding diaryl/α,β-unsaturated/α-hetero) is 1. The number of nitrogens with one attached hydrogen (secondary N) is 2. The number of nitrogens with zero attached hydrogens (tertiary/aromatic N) is 1. The van der Waals surface area contributed by atoms with E-state index in [9.17, 15) is 19.5 Å². The highest BCUT2D eigenvalue weighted by molar-refractivity contribution is 8.13. The zero-order chi connectivity index (χ0) is 23.9. The van der Waals surface area contributed by atoms with Gasteiger partial charge in [0.1, 0.15) is 5.69 Å². The Hall–Kier alpha value is -3.20. The van der Waals surface area contributed by atoms with E-state index in [0.717, 1.165) is 41.1 Å². The van der Waals surface area contributed by atoms with Crippen LogP contribution in [-0.4, -0.2) is 51.8 Å². The first-order chi connectivity index (χ1) is 15.8. The first-order valence-electron chi connectivity index (χ1n) is 10.9. The molecule has 0 unspecified atom stereocenters. The van der Waals surface area contributed by atoms with Crippen molar-refractivity contribution in [2.75, 3.05) is 24.8 Å². The lowest BCUT2D eigenvalue weighted by atomic mass is 10.1. The number of unbranched alkanes of at least 4 members (excludes halogenated alkanes) is 1. The smallest absolute Gasteiger partial charge is 0.274 e. The Balaban J connectivity index is 1.80. The average molecular weight is 470 g/mol. The van der Waals surface area contributed by atoms with Crippen molar-refractivity contribution in [3.05, 3.63) is 40.3 Å². The second-order valence-electron chi connectivity index (χ2n) is 8.12. The Morgan fingerprint density at radius 3 is 2.61 bits per heavy atom. The lowest BCUT2D eigenvalue weighted by molar-refractivity contribution is 0.0984. The van der Waals surface area contributed by atoms with E-state index in [1.165, 1.54) is 18.9 Å². The number of thioether (sulfide) groups is 1. The molecule has 0 bridgehead atoms. The Labute approximate surface area is 195 Å². The van der Waals surface area contributed by atoms with Crippen molar-refractivity contribution >= 4 is 45.2 Å². The number of aromatic hydroxyl groups is 1. The molecular weight excluding hydrogens is 442 g/mol. The topological polar surface area (TPSA) is 115 Å². The fraction of sp³-hybridized carbons (Fsp3) is 0.375. The van der Waals surface area contributed by atoms with E-state index >= 15 is 0 Å². The summed E-state index contributed by atoms with van der Waals surface area (Å²) in [6, 6.07) is 3.49. The van der Waals surface area contributed by atoms with Gasteiger partial charge in [-0.25, -0.2) is 0 Å². The van der Waals surface area contributed by atoms with Crippen LogP contribution in [0, 0.1) is 0 Å². The maximum Gasteiger partial charge on any atom is 0.274 e. The third-order valence-corrected chi connectivity index (χ3v) is 6.68. The monoisotopic (exact) mass is 469 g/mol. The quantitative estimate of drug-likeness (QED) is 0.440. The van der Waals surface area contributed by atoms with Crippen molar-refractivity contribution in [3.63, 3.8) is 0 Å². The molecule has 3 aromatic rings. The molecule has 1 aliphatic heterocycles. The molecule has 1 aromatic carbocycles. The van der Waals surface area contributed by atoms with Crippen LogP contribution in [0.25, 0.3) is 10.9 Å². The van der Waals surface area contributed by atoms with E-state index in [1.807, 2.05) is 0 Å². The number of H-pyrrole nitrogens is 2. The number of rotatable bonds is 7. The first kappa shape index (κ1) is 23.0. The number of amides is 1. The molecule has 8 nitrogen and oxygen atoms in total. The molecule has 33 heavy (non-hydrogen) atoms. The van der Waals surface area contributed by atoms with E-state index in [0.29, 0.717) is 47.7 Å². The Bertz CT molecular complexity index is 1270. The number of ether oxygens (including phenoxy) is 1. The highest BCUT2D eigenvalue weighted by Crippen LogP contribution is 2.49. The highest BCUT2D eigenvalue weighted by atomic mass is 32.2. The molecule has 174 valence electrons. The molecule has 0 spiro atoms. The molecule has 0 fully saturated rings. The second-order valence-corrected chi connectivity index (χ2v) is 8.90. The fourth-order valence-corrected chi connectivity index (χ4v) is 4.84. The van der Waals surface area contributed by atoms with Crippen LogP contribution in [-0.2, 0) is 12.8 Å². The molecular formula is C24H27N3O5S. The van der Waals surface area contributed by atoms with Crippen molar-refractivity contribution in [2.24, 2.45) is 0 Å². The van der Waals surface area contributed by atoms with Gasteiger partial charge in [0.25, 0.3) is 5.91 Å². The molecule has 3 N–H and O–H groups in total. The number of hydrogen-bond donors (Lipinski definition) is 3. The summed E-state index contributed by atoms with van der Waals surface area (Å²) in [4.78, 5) is 45.4. The van der Waals surface area contributed by atoms with Gasteiger partial charge in [-0.3, -0.25) is 14.4 Å². The van der Waals surface area contributed by atoms with E-state index < -0.39 is 0 Å². The standard InChI is InChI=1S/C24H27N3O5S/c1-5-6-7-13-10-16(25-18(13)12(2)28)23(30)27-9-8-14-15-11-17(24(31)33-4)26-19(15)22(32-3)21(29)20(14)27/h10-11,25-26,29H,5-9H2,1-4H3. The number of phenols is 1. The number of fused-ring (bicyclic) bond motifs is 3. The summed E-state index contributed by atoms with van der Waals surface area (Å²) < 4.78 is 5.45. The van der Waals surface area contributed by atoms with Crippen LogP contribution in [0.3, 0.4) is 0 Å². The van der Waals surface area contributed by atoms with Crippen molar-refractivity contribution in [2.45, 2.75) is 39.5 Å². The van der Waals surface area contributed by atoms with Gasteiger partial charge < -0.3 is 24.7 Å². The summed E-state index contributed by atoms with van der Waals surface area (Å²) in [5.41, 5.74) is 3.68. The lowest BCUT2D eigenvalue weighted by Gasteiger charge is -2.19. The normalized spacial score (nSPS) is 12.9. The van der Waals surface area contributed by atoms with Gasteiger partial charge in [0.2, 0.25) is 5.12 Å². The third kappa shape index (κ3) is 3.80. The number of hydrogen-bond acceptors (Lipinski definition) is 6. The molecule has 0 saturated carbocycles. The van der Waals surface area contributed by atoms with E-state index in [-0.39, 0.29) is 28.3 Å². The van der Waals surface area contributed by atoms with Crippen LogP contribution in [0.2, 0.25) is 0 Å². The minimum Gasteiger partial charge on any atom is -0.503 e. The van der Waals surface area contributed by atoms with E-state index in [1.54, 1.807) is 18.4 Å². The molecule has 1 aliphatic rings. The summed E-state index contributed by atoms with van der Waals surface area (Å²) in [6.45, 7) is 3.91. The maximum absolute atomic E-state index is 13.5. The number of carbonyl (C=O) groups excluding carboxylic acids is 3. The maximum atomic E-state index is 13.5. The van der Waals surface area contributed by atoms with Crippen LogP contribution in [0.15, 0.2) is 12.1 Å². The molecule has 1 amide bonds. The van der Waals surface area contributed by atoms with Gasteiger partial charge in [0, 0.05) is 18.9 Å². The van der Waals surface area contributed by atoms with Crippen LogP contribution in [0.5, 0.6) is 11.5 Å². The van der Waals surface area contributed by atoms with Gasteiger partial charge in [0.05, 0.1) is 29.7 Å². The summed E-state index contributed by atoms with van der Waals surface area (Å²) >= 11 is 1.09. The second kappa shape index (κ2) is 8.97. The molecule has 9 heteroatoms. The molecule has 0 aliphatic carbocycles. The van der Waals surface area contributed by atoms with Crippen LogP contribution < -0.4 is 9.64 Å². The van der Waals surface area contributed by atoms with Gasteiger partial charge in [-0.1, -0.05) is 25.1 Å². The molecule has 0 atom stereocenters. The lowest BCUT2D eigenvalue weighted by Crippen LogP contribution is -2.29. The molecule has 4 rings (SSSR count). The van der Waals surface area contributed by atoms with E-state index in [4.69, 9.17) is 4.74 Å². The summed E-state index contributed by atoms with van der Waals surface area (Å²) in [5, 5.41) is 11.7. The summed E-state index contributed by atoms with van der Waals surface area (Å²) in [7, 11) is 1.43. The summed E-state index contributed by atoms with van der Waals surface area (Å²) in [6.07, 6.45) is 4.82. The van der Waals surface area contributed by atoms with Gasteiger partial charge in [-0.15, -0.1) is 0 Å². The fourth-order valence-electron chi connectivity index (χ4n) is 4.51. The Morgan fingerprint density at radius 1 is 1.21 bits per heavy atom. The number of anilines is 1. The van der Waals surface area contributed by atoms with Crippen LogP contribution in [0.1, 0.15) is 69.3 Å². The van der Waals surface area contributed by atoms with Crippen molar-refractivity contribution in [3.8, 4) is 11.5 Å². The third-order valence-electron chi connectivity index (χ3n) is 6.09. The molecule has 3 heterocycles. The molecule has 0 saturated heterocycles. The SMILES string of the molecule is CCCCc1cc(C(=O)N2CCc3c2c(O)c(OC)c2[nH]c(C(=O)SC)cc32)[nH]c1C(C)=O. The van der Waals surface area contributed by atoms with Crippen molar-refractivity contribution in [1.82, 2.24) is 9.97 Å².